The maximum Gasteiger partial charge on any atom is 0.129 e. The van der Waals surface area contributed by atoms with Gasteiger partial charge in [-0.3, -0.25) is 0 Å². The van der Waals surface area contributed by atoms with Gasteiger partial charge in [0.15, 0.2) is 0 Å². The lowest BCUT2D eigenvalue weighted by atomic mass is 10.5. The predicted octanol–water partition coefficient (Wildman–Crippen LogP) is 0.560. The Labute approximate surface area is 30.9 Å². The second kappa shape index (κ2) is 1.91. The van der Waals surface area contributed by atoms with Crippen molar-refractivity contribution in [3.8, 4) is 0 Å². The van der Waals surface area contributed by atoms with E-state index in [9.17, 15) is 0 Å². The molecular formula is C3H6NO. The van der Waals surface area contributed by atoms with Crippen molar-refractivity contribution in [2.24, 2.45) is 0 Å². The van der Waals surface area contributed by atoms with E-state index in [1.165, 1.54) is 6.92 Å². The molecule has 2 heteroatoms. The molecular weight excluding hydrogens is 66.0 g/mol. The fourth-order valence-electron chi connectivity index (χ4n) is 0. The zero-order valence-electron chi connectivity index (χ0n) is 3.02. The maximum absolute atomic E-state index is 8.03. The fourth-order valence-corrected chi connectivity index (χ4v) is 0. The average molecular weight is 72.1 g/mol. The van der Waals surface area contributed by atoms with E-state index in [1.807, 2.05) is 0 Å². The van der Waals surface area contributed by atoms with E-state index in [0.29, 0.717) is 0 Å². The molecule has 2 nitrogen and oxygen atoms in total. The summed E-state index contributed by atoms with van der Waals surface area (Å²) in [5.74, 6) is 0. The summed E-state index contributed by atoms with van der Waals surface area (Å²) in [6.07, 6.45) is 0.935. The minimum Gasteiger partial charge on any atom is -0.381 e. The highest BCUT2D eigenvalue weighted by atomic mass is 16.3. The third kappa shape index (κ3) is 3.63. The summed E-state index contributed by atoms with van der Waals surface area (Å²) in [7, 11) is 0. The summed E-state index contributed by atoms with van der Waals surface area (Å²) < 4.78 is 0. The first-order valence-electron chi connectivity index (χ1n) is 1.30. The van der Waals surface area contributed by atoms with Gasteiger partial charge in [-0.25, -0.2) is 0 Å². The zero-order chi connectivity index (χ0) is 4.28. The number of aliphatic hydroxyl groups excluding tert-OH is 1. The molecule has 29 valence electrons. The minimum atomic E-state index is 0.0463. The van der Waals surface area contributed by atoms with E-state index in [-0.39, 0.29) is 6.10 Å². The van der Waals surface area contributed by atoms with Crippen LogP contribution in [0.1, 0.15) is 6.92 Å². The first kappa shape index (κ1) is 4.63. The Bertz CT molecular complexity index is 33.9. The van der Waals surface area contributed by atoms with Crippen LogP contribution in [-0.4, -0.2) is 11.3 Å². The number of nitrogens with one attached hydrogen (secondary N) is 1. The van der Waals surface area contributed by atoms with Crippen molar-refractivity contribution in [2.45, 2.75) is 6.92 Å². The lowest BCUT2D eigenvalue weighted by Crippen LogP contribution is -1.84. The van der Waals surface area contributed by atoms with Crippen LogP contribution in [0.2, 0.25) is 0 Å². The Morgan fingerprint density at radius 3 is 2.20 bits per heavy atom. The summed E-state index contributed by atoms with van der Waals surface area (Å²) in [6.45, 7) is 1.45. The van der Waals surface area contributed by atoms with Crippen molar-refractivity contribution < 1.29 is 5.11 Å². The molecule has 0 rings (SSSR count). The van der Waals surface area contributed by atoms with Gasteiger partial charge in [-0.1, -0.05) is 0 Å². The summed E-state index contributed by atoms with van der Waals surface area (Å²) >= 11 is 0. The van der Waals surface area contributed by atoms with Crippen molar-refractivity contribution in [3.05, 3.63) is 6.10 Å². The van der Waals surface area contributed by atoms with E-state index in [1.54, 1.807) is 0 Å². The third-order valence-electron chi connectivity index (χ3n) is 0.209. The highest BCUT2D eigenvalue weighted by Crippen LogP contribution is 1.76. The van der Waals surface area contributed by atoms with Crippen LogP contribution in [0.4, 0.5) is 0 Å². The molecule has 0 bridgehead atoms. The van der Waals surface area contributed by atoms with Crippen molar-refractivity contribution in [1.82, 2.24) is 0 Å². The molecule has 0 aliphatic heterocycles. The molecule has 2 N–H and O–H groups in total. The predicted molar refractivity (Wildman–Crippen MR) is 19.6 cm³/mol. The largest absolute Gasteiger partial charge is 0.381 e. The molecule has 0 aromatic carbocycles. The van der Waals surface area contributed by atoms with Crippen LogP contribution in [0.3, 0.4) is 0 Å². The Kier molecular flexibility index (Phi) is 1.76. The average Bonchev–Trinajstić information content (AvgIpc) is 1.38. The first-order chi connectivity index (χ1) is 2.27. The van der Waals surface area contributed by atoms with Gasteiger partial charge < -0.3 is 10.5 Å². The maximum atomic E-state index is 8.03. The first-order valence-corrected chi connectivity index (χ1v) is 1.30. The van der Waals surface area contributed by atoms with Crippen molar-refractivity contribution in [3.63, 3.8) is 0 Å². The van der Waals surface area contributed by atoms with Gasteiger partial charge in [0.25, 0.3) is 0 Å². The summed E-state index contributed by atoms with van der Waals surface area (Å²) in [5, 5.41) is 14.3. The van der Waals surface area contributed by atoms with Gasteiger partial charge in [-0.15, -0.1) is 0 Å². The quantitative estimate of drug-likeness (QED) is 0.437. The second-order valence-electron chi connectivity index (χ2n) is 0.786. The Morgan fingerprint density at radius 1 is 2.00 bits per heavy atom. The molecule has 0 saturated carbocycles. The number of rotatable bonds is 1. The highest BCUT2D eigenvalue weighted by Gasteiger charge is 1.80. The van der Waals surface area contributed by atoms with Gasteiger partial charge in [-0.05, 0) is 6.92 Å². The van der Waals surface area contributed by atoms with Crippen LogP contribution in [-0.2, 0) is 0 Å². The molecule has 0 unspecified atom stereocenters. The van der Waals surface area contributed by atoms with Gasteiger partial charge in [0.05, 0.1) is 0 Å². The molecule has 0 aromatic heterocycles. The van der Waals surface area contributed by atoms with E-state index < -0.39 is 0 Å². The lowest BCUT2D eigenvalue weighted by Gasteiger charge is -1.80. The Hall–Kier alpha value is -0.370. The van der Waals surface area contributed by atoms with Gasteiger partial charge in [-0.2, -0.15) is 0 Å². The summed E-state index contributed by atoms with van der Waals surface area (Å²) in [6, 6.07) is 0. The fraction of sp³-hybridized carbons (Fsp3) is 0.333. The Balaban J connectivity index is 2.83. The SMILES string of the molecule is C[C](O)C=N. The van der Waals surface area contributed by atoms with Gasteiger partial charge in [0.2, 0.25) is 0 Å². The molecule has 0 amide bonds. The van der Waals surface area contributed by atoms with Crippen molar-refractivity contribution >= 4 is 6.21 Å². The molecule has 5 heavy (non-hydrogen) atoms. The summed E-state index contributed by atoms with van der Waals surface area (Å²) in [4.78, 5) is 0. The molecule has 0 atom stereocenters. The van der Waals surface area contributed by atoms with Gasteiger partial charge in [0, 0.05) is 6.21 Å². The Morgan fingerprint density at radius 2 is 2.20 bits per heavy atom. The van der Waals surface area contributed by atoms with Crippen LogP contribution >= 0.6 is 0 Å². The lowest BCUT2D eigenvalue weighted by molar-refractivity contribution is 0.365. The van der Waals surface area contributed by atoms with E-state index in [2.05, 4.69) is 0 Å². The second-order valence-corrected chi connectivity index (χ2v) is 0.786. The zero-order valence-corrected chi connectivity index (χ0v) is 3.02. The van der Waals surface area contributed by atoms with Crippen molar-refractivity contribution in [1.29, 1.82) is 5.41 Å². The molecule has 0 heterocycles. The molecule has 0 aromatic rings. The topological polar surface area (TPSA) is 44.1 Å². The third-order valence-corrected chi connectivity index (χ3v) is 0.209. The molecule has 0 saturated heterocycles. The normalized spacial score (nSPS) is 8.60. The smallest absolute Gasteiger partial charge is 0.129 e. The van der Waals surface area contributed by atoms with E-state index >= 15 is 0 Å². The molecule has 0 aliphatic rings. The van der Waals surface area contributed by atoms with Crippen LogP contribution in [0, 0.1) is 11.5 Å². The van der Waals surface area contributed by atoms with Crippen LogP contribution in [0.5, 0.6) is 0 Å². The molecule has 0 fully saturated rings. The van der Waals surface area contributed by atoms with Crippen LogP contribution in [0.25, 0.3) is 0 Å². The standard InChI is InChI=1S/C3H6NO/c1-3(5)2-4/h2,4-5H,1H3. The highest BCUT2D eigenvalue weighted by molar-refractivity contribution is 5.66. The van der Waals surface area contributed by atoms with Crippen LogP contribution in [0.15, 0.2) is 0 Å². The summed E-state index contributed by atoms with van der Waals surface area (Å²) in [5.41, 5.74) is 0. The van der Waals surface area contributed by atoms with Gasteiger partial charge in [0.1, 0.15) is 6.10 Å². The minimum absolute atomic E-state index is 0.0463. The molecule has 0 spiro atoms. The number of hydrogen-bond acceptors (Lipinski definition) is 2. The number of hydrogen-bond donors (Lipinski definition) is 2. The molecule has 1 radical (unpaired) electrons. The van der Waals surface area contributed by atoms with Crippen LogP contribution < -0.4 is 0 Å². The number of aliphatic hydroxyl groups is 1. The molecule has 0 aliphatic carbocycles. The van der Waals surface area contributed by atoms with Crippen molar-refractivity contribution in [2.75, 3.05) is 0 Å². The van der Waals surface area contributed by atoms with E-state index in [4.69, 9.17) is 10.5 Å². The van der Waals surface area contributed by atoms with E-state index in [0.717, 1.165) is 6.21 Å². The van der Waals surface area contributed by atoms with Gasteiger partial charge >= 0.3 is 0 Å². The monoisotopic (exact) mass is 72.0 g/mol.